The average Bonchev–Trinajstić information content (AvgIpc) is 3.29. The van der Waals surface area contributed by atoms with Gasteiger partial charge in [0.2, 0.25) is 0 Å². The van der Waals surface area contributed by atoms with Crippen molar-refractivity contribution in [3.05, 3.63) is 29.3 Å². The fraction of sp³-hybridized carbons (Fsp3) is 0.588. The Bertz CT molecular complexity index is 484. The van der Waals surface area contributed by atoms with E-state index in [0.29, 0.717) is 12.6 Å². The number of para-hydroxylation sites is 1. The second-order valence-electron chi connectivity index (χ2n) is 5.77. The molecule has 1 aromatic carbocycles. The molecule has 1 saturated carbocycles. The van der Waals surface area contributed by atoms with Crippen molar-refractivity contribution in [1.82, 2.24) is 10.6 Å². The number of benzene rings is 1. The number of ether oxygens (including phenoxy) is 1. The summed E-state index contributed by atoms with van der Waals surface area (Å²) in [5.74, 6) is 0.783. The molecule has 21 heavy (non-hydrogen) atoms. The highest BCUT2D eigenvalue weighted by atomic mass is 16.5. The minimum absolute atomic E-state index is 0.0544. The molecular weight excluding hydrogens is 264 g/mol. The zero-order chi connectivity index (χ0) is 15.2. The summed E-state index contributed by atoms with van der Waals surface area (Å²) >= 11 is 0. The van der Waals surface area contributed by atoms with Crippen LogP contribution in [0.1, 0.15) is 44.2 Å². The summed E-state index contributed by atoms with van der Waals surface area (Å²) in [7, 11) is 0. The molecular formula is C17H26N2O2. The summed E-state index contributed by atoms with van der Waals surface area (Å²) in [5.41, 5.74) is 2.19. The molecule has 0 radical (unpaired) electrons. The van der Waals surface area contributed by atoms with Crippen molar-refractivity contribution in [2.24, 2.45) is 0 Å². The summed E-state index contributed by atoms with van der Waals surface area (Å²) in [4.78, 5) is 12.0. The van der Waals surface area contributed by atoms with Crippen molar-refractivity contribution < 1.29 is 9.53 Å². The van der Waals surface area contributed by atoms with Crippen molar-refractivity contribution in [2.45, 2.75) is 58.7 Å². The third-order valence-electron chi connectivity index (χ3n) is 3.67. The summed E-state index contributed by atoms with van der Waals surface area (Å²) in [6.07, 6.45) is 2.98. The lowest BCUT2D eigenvalue weighted by atomic mass is 10.1. The number of hydrogen-bond donors (Lipinski definition) is 2. The lowest BCUT2D eigenvalue weighted by Crippen LogP contribution is -2.37. The van der Waals surface area contributed by atoms with Crippen molar-refractivity contribution in [3.8, 4) is 5.75 Å². The Kier molecular flexibility index (Phi) is 5.62. The van der Waals surface area contributed by atoms with Gasteiger partial charge in [-0.1, -0.05) is 25.1 Å². The third kappa shape index (κ3) is 4.74. The quantitative estimate of drug-likeness (QED) is 0.773. The van der Waals surface area contributed by atoms with Crippen LogP contribution in [0, 0.1) is 6.92 Å². The largest absolute Gasteiger partial charge is 0.480 e. The SMILES string of the molecule is CCCNC(=O)C(C)Oc1c(C)cccc1CNC1CC1. The zero-order valence-corrected chi connectivity index (χ0v) is 13.2. The number of aryl methyl sites for hydroxylation is 1. The first kappa shape index (κ1) is 15.8. The molecule has 1 amide bonds. The van der Waals surface area contributed by atoms with Gasteiger partial charge in [-0.25, -0.2) is 0 Å². The summed E-state index contributed by atoms with van der Waals surface area (Å²) < 4.78 is 5.94. The topological polar surface area (TPSA) is 50.4 Å². The van der Waals surface area contributed by atoms with E-state index in [0.717, 1.165) is 29.8 Å². The van der Waals surface area contributed by atoms with Gasteiger partial charge in [0, 0.05) is 24.7 Å². The van der Waals surface area contributed by atoms with E-state index in [1.165, 1.54) is 12.8 Å². The molecule has 1 fully saturated rings. The normalized spacial score (nSPS) is 15.6. The summed E-state index contributed by atoms with van der Waals surface area (Å²) in [6, 6.07) is 6.78. The van der Waals surface area contributed by atoms with Gasteiger partial charge in [-0.05, 0) is 38.7 Å². The van der Waals surface area contributed by atoms with Crippen molar-refractivity contribution >= 4 is 5.91 Å². The fourth-order valence-corrected chi connectivity index (χ4v) is 2.19. The molecule has 2 N–H and O–H groups in total. The molecule has 0 heterocycles. The predicted molar refractivity (Wildman–Crippen MR) is 84.4 cm³/mol. The molecule has 4 nitrogen and oxygen atoms in total. The second-order valence-corrected chi connectivity index (χ2v) is 5.77. The number of hydrogen-bond acceptors (Lipinski definition) is 3. The number of rotatable bonds is 8. The van der Waals surface area contributed by atoms with E-state index in [1.807, 2.05) is 26.0 Å². The molecule has 1 aliphatic rings. The van der Waals surface area contributed by atoms with Gasteiger partial charge in [0.1, 0.15) is 5.75 Å². The minimum atomic E-state index is -0.475. The first-order chi connectivity index (χ1) is 10.1. The average molecular weight is 290 g/mol. The van der Waals surface area contributed by atoms with Gasteiger partial charge in [0.05, 0.1) is 0 Å². The van der Waals surface area contributed by atoms with Crippen LogP contribution in [0.5, 0.6) is 5.75 Å². The summed E-state index contributed by atoms with van der Waals surface area (Å²) in [5, 5.41) is 6.37. The number of carbonyl (C=O) groups excluding carboxylic acids is 1. The van der Waals surface area contributed by atoms with Gasteiger partial charge in [-0.15, -0.1) is 0 Å². The molecule has 4 heteroatoms. The standard InChI is InChI=1S/C17H26N2O2/c1-4-10-18-17(20)13(3)21-16-12(2)6-5-7-14(16)11-19-15-8-9-15/h5-7,13,15,19H,4,8-11H2,1-3H3,(H,18,20). The Hall–Kier alpha value is -1.55. The maximum atomic E-state index is 12.0. The predicted octanol–water partition coefficient (Wildman–Crippen LogP) is 2.54. The van der Waals surface area contributed by atoms with Crippen molar-refractivity contribution in [2.75, 3.05) is 6.54 Å². The van der Waals surface area contributed by atoms with Gasteiger partial charge in [-0.3, -0.25) is 4.79 Å². The first-order valence-electron chi connectivity index (χ1n) is 7.88. The Labute approximate surface area is 127 Å². The molecule has 0 aliphatic heterocycles. The zero-order valence-electron chi connectivity index (χ0n) is 13.2. The second kappa shape index (κ2) is 7.46. The highest BCUT2D eigenvalue weighted by Crippen LogP contribution is 2.26. The molecule has 1 aromatic rings. The van der Waals surface area contributed by atoms with Crippen LogP contribution in [0.2, 0.25) is 0 Å². The lowest BCUT2D eigenvalue weighted by molar-refractivity contribution is -0.127. The molecule has 0 saturated heterocycles. The van der Waals surface area contributed by atoms with Gasteiger partial charge in [-0.2, -0.15) is 0 Å². The molecule has 1 atom stereocenters. The maximum Gasteiger partial charge on any atom is 0.260 e. The van der Waals surface area contributed by atoms with Crippen LogP contribution in [-0.2, 0) is 11.3 Å². The Morgan fingerprint density at radius 1 is 1.43 bits per heavy atom. The number of amides is 1. The van der Waals surface area contributed by atoms with E-state index in [1.54, 1.807) is 6.92 Å². The Balaban J connectivity index is 2.00. The van der Waals surface area contributed by atoms with Gasteiger partial charge >= 0.3 is 0 Å². The third-order valence-corrected chi connectivity index (χ3v) is 3.67. The first-order valence-corrected chi connectivity index (χ1v) is 7.88. The van der Waals surface area contributed by atoms with E-state index in [-0.39, 0.29) is 5.91 Å². The van der Waals surface area contributed by atoms with Crippen LogP contribution < -0.4 is 15.4 Å². The van der Waals surface area contributed by atoms with Crippen LogP contribution >= 0.6 is 0 Å². The van der Waals surface area contributed by atoms with Crippen LogP contribution in [0.3, 0.4) is 0 Å². The smallest absolute Gasteiger partial charge is 0.260 e. The van der Waals surface area contributed by atoms with Crippen molar-refractivity contribution in [1.29, 1.82) is 0 Å². The Morgan fingerprint density at radius 2 is 2.19 bits per heavy atom. The molecule has 2 rings (SSSR count). The molecule has 0 spiro atoms. The van der Waals surface area contributed by atoms with Crippen LogP contribution in [0.4, 0.5) is 0 Å². The number of carbonyl (C=O) groups is 1. The van der Waals surface area contributed by atoms with E-state index in [9.17, 15) is 4.79 Å². The molecule has 116 valence electrons. The Morgan fingerprint density at radius 3 is 2.86 bits per heavy atom. The lowest BCUT2D eigenvalue weighted by Gasteiger charge is -2.19. The molecule has 1 unspecified atom stereocenters. The van der Waals surface area contributed by atoms with E-state index < -0.39 is 6.10 Å². The summed E-state index contributed by atoms with van der Waals surface area (Å²) in [6.45, 7) is 7.35. The molecule has 0 aromatic heterocycles. The van der Waals surface area contributed by atoms with E-state index >= 15 is 0 Å². The van der Waals surface area contributed by atoms with Gasteiger partial charge in [0.25, 0.3) is 5.91 Å². The van der Waals surface area contributed by atoms with Crippen LogP contribution in [0.25, 0.3) is 0 Å². The number of nitrogens with one attached hydrogen (secondary N) is 2. The highest BCUT2D eigenvalue weighted by molar-refractivity contribution is 5.80. The monoisotopic (exact) mass is 290 g/mol. The van der Waals surface area contributed by atoms with E-state index in [2.05, 4.69) is 16.7 Å². The van der Waals surface area contributed by atoms with Gasteiger partial charge < -0.3 is 15.4 Å². The minimum Gasteiger partial charge on any atom is -0.480 e. The maximum absolute atomic E-state index is 12.0. The molecule has 0 bridgehead atoms. The molecule has 1 aliphatic carbocycles. The fourth-order valence-electron chi connectivity index (χ4n) is 2.19. The highest BCUT2D eigenvalue weighted by Gasteiger charge is 2.22. The van der Waals surface area contributed by atoms with Crippen LogP contribution in [-0.4, -0.2) is 24.6 Å². The van der Waals surface area contributed by atoms with Crippen LogP contribution in [0.15, 0.2) is 18.2 Å². The van der Waals surface area contributed by atoms with E-state index in [4.69, 9.17) is 4.74 Å². The van der Waals surface area contributed by atoms with Crippen molar-refractivity contribution in [3.63, 3.8) is 0 Å². The van der Waals surface area contributed by atoms with Gasteiger partial charge in [0.15, 0.2) is 6.10 Å².